The molecule has 0 radical (unpaired) electrons. The van der Waals surface area contributed by atoms with Crippen molar-refractivity contribution in [3.63, 3.8) is 0 Å². The zero-order valence-corrected chi connectivity index (χ0v) is 4.81. The van der Waals surface area contributed by atoms with Gasteiger partial charge < -0.3 is 0 Å². The fraction of sp³-hybridized carbons (Fsp3) is 0.167. The Hall–Kier alpha value is -1.25. The lowest BCUT2D eigenvalue weighted by atomic mass is 10.3. The quantitative estimate of drug-likeness (QED) is 0.425. The Labute approximate surface area is 52.7 Å². The van der Waals surface area contributed by atoms with E-state index in [0.717, 1.165) is 0 Å². The molecule has 1 unspecified atom stereocenters. The van der Waals surface area contributed by atoms with E-state index in [1.54, 1.807) is 23.4 Å². The van der Waals surface area contributed by atoms with Crippen LogP contribution in [-0.2, 0) is 0 Å². The summed E-state index contributed by atoms with van der Waals surface area (Å²) in [6.07, 6.45) is 9.29. The average molecular weight is 120 g/mol. The van der Waals surface area contributed by atoms with Crippen LogP contribution in [0.4, 0.5) is 0 Å². The van der Waals surface area contributed by atoms with Crippen molar-refractivity contribution in [1.82, 2.24) is 0 Å². The molecular weight excluding hydrogens is 114 g/mol. The van der Waals surface area contributed by atoms with Crippen molar-refractivity contribution in [3.05, 3.63) is 24.6 Å². The Morgan fingerprint density at radius 2 is 2.11 bits per heavy atom. The van der Waals surface area contributed by atoms with Crippen molar-refractivity contribution in [2.24, 2.45) is 10.1 Å². The van der Waals surface area contributed by atoms with Crippen LogP contribution in [0.3, 0.4) is 0 Å². The molecule has 0 saturated heterocycles. The van der Waals surface area contributed by atoms with Gasteiger partial charge in [-0.1, -0.05) is 10.1 Å². The summed E-state index contributed by atoms with van der Waals surface area (Å²) in [5.41, 5.74) is 0. The maximum Gasteiger partial charge on any atom is 0.307 e. The summed E-state index contributed by atoms with van der Waals surface area (Å²) >= 11 is 0. The molecule has 0 aromatic heterocycles. The van der Waals surface area contributed by atoms with Gasteiger partial charge in [-0.3, -0.25) is 0 Å². The average Bonchev–Trinajstić information content (AvgIpc) is 2.33. The molecule has 0 bridgehead atoms. The predicted octanol–water partition coefficient (Wildman–Crippen LogP) is 0.903. The van der Waals surface area contributed by atoms with Gasteiger partial charge in [0.25, 0.3) is 0 Å². The fourth-order valence-corrected chi connectivity index (χ4v) is 0.873. The van der Waals surface area contributed by atoms with Crippen molar-refractivity contribution in [3.8, 4) is 0 Å². The van der Waals surface area contributed by atoms with Gasteiger partial charge in [-0.25, -0.2) is 0 Å². The monoisotopic (exact) mass is 120 g/mol. The van der Waals surface area contributed by atoms with Crippen molar-refractivity contribution < 1.29 is 4.70 Å². The second-order valence-corrected chi connectivity index (χ2v) is 1.93. The smallest absolute Gasteiger partial charge is 0.126 e. The van der Waals surface area contributed by atoms with E-state index in [0.29, 0.717) is 6.04 Å². The minimum absolute atomic E-state index is 0.322. The second-order valence-electron chi connectivity index (χ2n) is 1.93. The van der Waals surface area contributed by atoms with Crippen LogP contribution in [0.1, 0.15) is 0 Å². The molecule has 44 valence electrons. The van der Waals surface area contributed by atoms with Gasteiger partial charge >= 0.3 is 6.34 Å². The molecule has 0 spiro atoms. The highest BCUT2D eigenvalue weighted by Crippen LogP contribution is 2.06. The van der Waals surface area contributed by atoms with Crippen molar-refractivity contribution in [2.75, 3.05) is 0 Å². The van der Waals surface area contributed by atoms with Gasteiger partial charge in [-0.15, -0.1) is 4.70 Å². The van der Waals surface area contributed by atoms with Gasteiger partial charge in [-0.2, -0.15) is 0 Å². The van der Waals surface area contributed by atoms with E-state index in [1.807, 2.05) is 12.2 Å². The summed E-state index contributed by atoms with van der Waals surface area (Å²) in [7, 11) is 0. The van der Waals surface area contributed by atoms with E-state index in [4.69, 9.17) is 0 Å². The van der Waals surface area contributed by atoms with E-state index < -0.39 is 0 Å². The minimum atomic E-state index is 0.322. The SMILES string of the molecule is C1=CC2C=CN=[N+]2C=N1. The first kappa shape index (κ1) is 4.61. The number of rotatable bonds is 0. The molecular formula is C6H6N3+. The molecule has 0 aromatic carbocycles. The molecule has 0 N–H and O–H groups in total. The first-order valence-corrected chi connectivity index (χ1v) is 2.82. The largest absolute Gasteiger partial charge is 0.307 e. The maximum absolute atomic E-state index is 4.01. The molecule has 0 saturated carbocycles. The lowest BCUT2D eigenvalue weighted by Crippen LogP contribution is -2.17. The first-order valence-electron chi connectivity index (χ1n) is 2.82. The highest BCUT2D eigenvalue weighted by molar-refractivity contribution is 5.47. The van der Waals surface area contributed by atoms with Gasteiger partial charge in [0.2, 0.25) is 0 Å². The van der Waals surface area contributed by atoms with Gasteiger partial charge in [0.15, 0.2) is 6.04 Å². The zero-order chi connectivity index (χ0) is 6.10. The number of nitrogens with zero attached hydrogens (tertiary/aromatic N) is 3. The summed E-state index contributed by atoms with van der Waals surface area (Å²) in [6, 6.07) is 0.322. The molecule has 1 atom stereocenters. The van der Waals surface area contributed by atoms with Gasteiger partial charge in [0, 0.05) is 6.08 Å². The Morgan fingerprint density at radius 1 is 1.22 bits per heavy atom. The van der Waals surface area contributed by atoms with Crippen LogP contribution in [0.5, 0.6) is 0 Å². The predicted molar refractivity (Wildman–Crippen MR) is 33.2 cm³/mol. The summed E-state index contributed by atoms with van der Waals surface area (Å²) in [5, 5.41) is 4.01. The summed E-state index contributed by atoms with van der Waals surface area (Å²) in [4.78, 5) is 3.91. The molecule has 0 fully saturated rings. The van der Waals surface area contributed by atoms with Crippen LogP contribution in [-0.4, -0.2) is 17.1 Å². The standard InChI is InChI=1S/C6H6N3/c1-3-7-5-9-6(1)2-4-8-9/h1-6H/q+1. The van der Waals surface area contributed by atoms with E-state index in [-0.39, 0.29) is 0 Å². The third-order valence-corrected chi connectivity index (χ3v) is 1.34. The van der Waals surface area contributed by atoms with Crippen LogP contribution < -0.4 is 0 Å². The number of fused-ring (bicyclic) bond motifs is 1. The highest BCUT2D eigenvalue weighted by Gasteiger charge is 2.17. The first-order chi connectivity index (χ1) is 4.47. The topological polar surface area (TPSA) is 27.7 Å². The molecule has 3 nitrogen and oxygen atoms in total. The summed E-state index contributed by atoms with van der Waals surface area (Å²) in [6.45, 7) is 0. The highest BCUT2D eigenvalue weighted by atomic mass is 15.3. The van der Waals surface area contributed by atoms with Crippen LogP contribution in [0.15, 0.2) is 34.7 Å². The molecule has 0 aromatic rings. The van der Waals surface area contributed by atoms with E-state index in [1.165, 1.54) is 0 Å². The van der Waals surface area contributed by atoms with E-state index >= 15 is 0 Å². The molecule has 2 aliphatic heterocycles. The molecule has 9 heavy (non-hydrogen) atoms. The van der Waals surface area contributed by atoms with Crippen LogP contribution >= 0.6 is 0 Å². The lowest BCUT2D eigenvalue weighted by Gasteiger charge is -1.98. The van der Waals surface area contributed by atoms with E-state index in [2.05, 4.69) is 10.1 Å². The van der Waals surface area contributed by atoms with Crippen LogP contribution in [0, 0.1) is 0 Å². The van der Waals surface area contributed by atoms with Gasteiger partial charge in [0.05, 0.1) is 6.20 Å². The zero-order valence-electron chi connectivity index (χ0n) is 4.81. The Kier molecular flexibility index (Phi) is 0.828. The lowest BCUT2D eigenvalue weighted by molar-refractivity contribution is -0.480. The Balaban J connectivity index is 2.40. The second kappa shape index (κ2) is 1.62. The number of azo groups is 2. The van der Waals surface area contributed by atoms with Gasteiger partial charge in [0.1, 0.15) is 6.20 Å². The number of hydrogen-bond donors (Lipinski definition) is 0. The van der Waals surface area contributed by atoms with Crippen molar-refractivity contribution in [2.45, 2.75) is 6.04 Å². The molecule has 0 amide bonds. The van der Waals surface area contributed by atoms with Crippen LogP contribution in [0.25, 0.3) is 0 Å². The van der Waals surface area contributed by atoms with Crippen molar-refractivity contribution >= 4 is 6.34 Å². The molecule has 0 aliphatic carbocycles. The normalized spacial score (nSPS) is 28.4. The fourth-order valence-electron chi connectivity index (χ4n) is 0.873. The maximum atomic E-state index is 4.01. The van der Waals surface area contributed by atoms with Gasteiger partial charge in [-0.05, 0) is 6.08 Å². The summed E-state index contributed by atoms with van der Waals surface area (Å²) < 4.78 is 1.81. The van der Waals surface area contributed by atoms with Crippen LogP contribution in [0.2, 0.25) is 0 Å². The molecule has 3 heteroatoms. The number of aliphatic imine (C=N–C) groups is 1. The summed E-state index contributed by atoms with van der Waals surface area (Å²) in [5.74, 6) is 0. The van der Waals surface area contributed by atoms with Crippen molar-refractivity contribution in [1.29, 1.82) is 0 Å². The molecule has 2 rings (SSSR count). The Bertz CT molecular complexity index is 235. The van der Waals surface area contributed by atoms with E-state index in [9.17, 15) is 0 Å². The third kappa shape index (κ3) is 0.614. The minimum Gasteiger partial charge on any atom is -0.126 e. The Morgan fingerprint density at radius 3 is 3.00 bits per heavy atom. The number of hydrogen-bond acceptors (Lipinski definition) is 2. The molecule has 2 aliphatic rings. The molecule has 2 heterocycles. The third-order valence-electron chi connectivity index (χ3n) is 1.34.